The average molecular weight is 244 g/mol. The van der Waals surface area contributed by atoms with Gasteiger partial charge in [0.2, 0.25) is 10.0 Å². The molecule has 0 aliphatic carbocycles. The number of carbonyl (C=O) groups excluding carboxylic acids is 1. The summed E-state index contributed by atoms with van der Waals surface area (Å²) in [6, 6.07) is 0. The van der Waals surface area contributed by atoms with E-state index in [1.54, 1.807) is 6.92 Å². The van der Waals surface area contributed by atoms with Crippen molar-refractivity contribution in [1.29, 1.82) is 0 Å². The number of alkyl halides is 1. The number of hydrogen-bond acceptors (Lipinski definition) is 4. The second-order valence-corrected chi connectivity index (χ2v) is 4.79. The standard InChI is InChI=1S/C7H14ClNO4S/c1-2-13-7(10)6-9-14(11,12)5-3-4-8/h9H,2-6H2,1H3. The van der Waals surface area contributed by atoms with E-state index in [9.17, 15) is 13.2 Å². The second kappa shape index (κ2) is 7.03. The quantitative estimate of drug-likeness (QED) is 0.508. The average Bonchev–Trinajstić information content (AvgIpc) is 2.13. The Bertz CT molecular complexity index is 265. The van der Waals surface area contributed by atoms with Crippen molar-refractivity contribution in [2.24, 2.45) is 0 Å². The SMILES string of the molecule is CCOC(=O)CNS(=O)(=O)CCCCl. The second-order valence-electron chi connectivity index (χ2n) is 2.49. The van der Waals surface area contributed by atoms with Crippen molar-refractivity contribution in [2.75, 3.05) is 24.8 Å². The van der Waals surface area contributed by atoms with Gasteiger partial charge in [0.25, 0.3) is 0 Å². The third-order valence-electron chi connectivity index (χ3n) is 1.29. The van der Waals surface area contributed by atoms with Crippen molar-refractivity contribution in [3.63, 3.8) is 0 Å². The van der Waals surface area contributed by atoms with Gasteiger partial charge in [0.15, 0.2) is 0 Å². The van der Waals surface area contributed by atoms with Crippen LogP contribution in [0.25, 0.3) is 0 Å². The van der Waals surface area contributed by atoms with Gasteiger partial charge < -0.3 is 4.74 Å². The number of sulfonamides is 1. The lowest BCUT2D eigenvalue weighted by Crippen LogP contribution is -2.32. The topological polar surface area (TPSA) is 72.5 Å². The normalized spacial score (nSPS) is 11.3. The Hall–Kier alpha value is -0.330. The maximum Gasteiger partial charge on any atom is 0.320 e. The number of carbonyl (C=O) groups is 1. The highest BCUT2D eigenvalue weighted by Gasteiger charge is 2.11. The molecule has 5 nitrogen and oxygen atoms in total. The fourth-order valence-electron chi connectivity index (χ4n) is 0.698. The predicted octanol–water partition coefficient (Wildman–Crippen LogP) is 0.0978. The molecule has 0 aromatic carbocycles. The molecule has 0 heterocycles. The Labute approximate surface area is 88.8 Å². The lowest BCUT2D eigenvalue weighted by Gasteiger charge is -2.04. The third kappa shape index (κ3) is 7.11. The summed E-state index contributed by atoms with van der Waals surface area (Å²) in [5.41, 5.74) is 0. The summed E-state index contributed by atoms with van der Waals surface area (Å²) in [6.45, 7) is 1.57. The number of esters is 1. The highest BCUT2D eigenvalue weighted by Crippen LogP contribution is 1.91. The number of ether oxygens (including phenoxy) is 1. The highest BCUT2D eigenvalue weighted by molar-refractivity contribution is 7.89. The molecule has 0 spiro atoms. The number of halogens is 1. The molecule has 14 heavy (non-hydrogen) atoms. The van der Waals surface area contributed by atoms with Gasteiger partial charge in [0, 0.05) is 5.88 Å². The largest absolute Gasteiger partial charge is 0.465 e. The van der Waals surface area contributed by atoms with Gasteiger partial charge in [-0.15, -0.1) is 11.6 Å². The van der Waals surface area contributed by atoms with Crippen LogP contribution in [0.3, 0.4) is 0 Å². The first-order chi connectivity index (χ1) is 6.52. The van der Waals surface area contributed by atoms with E-state index in [-0.39, 0.29) is 24.8 Å². The predicted molar refractivity (Wildman–Crippen MR) is 53.8 cm³/mol. The molecule has 7 heteroatoms. The molecule has 0 atom stereocenters. The van der Waals surface area contributed by atoms with Gasteiger partial charge >= 0.3 is 5.97 Å². The smallest absolute Gasteiger partial charge is 0.320 e. The summed E-state index contributed by atoms with van der Waals surface area (Å²) in [5, 5.41) is 0. The molecule has 0 aromatic heterocycles. The van der Waals surface area contributed by atoms with Crippen LogP contribution in [0.15, 0.2) is 0 Å². The molecule has 84 valence electrons. The van der Waals surface area contributed by atoms with E-state index in [1.807, 2.05) is 0 Å². The Morgan fingerprint density at radius 1 is 1.50 bits per heavy atom. The van der Waals surface area contributed by atoms with Crippen LogP contribution in [0.4, 0.5) is 0 Å². The Morgan fingerprint density at radius 2 is 2.14 bits per heavy atom. The minimum atomic E-state index is -3.39. The van der Waals surface area contributed by atoms with Gasteiger partial charge in [-0.1, -0.05) is 0 Å². The van der Waals surface area contributed by atoms with Crippen molar-refractivity contribution >= 4 is 27.6 Å². The van der Waals surface area contributed by atoms with E-state index in [4.69, 9.17) is 11.6 Å². The van der Waals surface area contributed by atoms with Crippen LogP contribution in [-0.2, 0) is 19.6 Å². The molecule has 0 bridgehead atoms. The molecular weight excluding hydrogens is 230 g/mol. The molecule has 0 saturated heterocycles. The zero-order valence-corrected chi connectivity index (χ0v) is 9.53. The van der Waals surface area contributed by atoms with E-state index in [0.717, 1.165) is 0 Å². The summed E-state index contributed by atoms with van der Waals surface area (Å²) in [5.74, 6) is -0.377. The van der Waals surface area contributed by atoms with Crippen molar-refractivity contribution in [3.8, 4) is 0 Å². The van der Waals surface area contributed by atoms with Gasteiger partial charge in [-0.05, 0) is 13.3 Å². The lowest BCUT2D eigenvalue weighted by atomic mass is 10.6. The molecular formula is C7H14ClNO4S. The van der Waals surface area contributed by atoms with Crippen LogP contribution >= 0.6 is 11.6 Å². The van der Waals surface area contributed by atoms with Crippen molar-refractivity contribution < 1.29 is 17.9 Å². The third-order valence-corrected chi connectivity index (χ3v) is 2.97. The van der Waals surface area contributed by atoms with Crippen LogP contribution in [-0.4, -0.2) is 39.2 Å². The number of hydrogen-bond donors (Lipinski definition) is 1. The summed E-state index contributed by atoms with van der Waals surface area (Å²) >= 11 is 5.34. The molecule has 0 unspecified atom stereocenters. The van der Waals surface area contributed by atoms with Crippen molar-refractivity contribution in [2.45, 2.75) is 13.3 Å². The highest BCUT2D eigenvalue weighted by atomic mass is 35.5. The van der Waals surface area contributed by atoms with Gasteiger partial charge in [-0.2, -0.15) is 0 Å². The van der Waals surface area contributed by atoms with Gasteiger partial charge in [0.05, 0.1) is 12.4 Å². The molecule has 0 fully saturated rings. The maximum absolute atomic E-state index is 11.1. The molecule has 0 rings (SSSR count). The van der Waals surface area contributed by atoms with E-state index >= 15 is 0 Å². The zero-order valence-electron chi connectivity index (χ0n) is 7.95. The van der Waals surface area contributed by atoms with Crippen LogP contribution in [0.5, 0.6) is 0 Å². The molecule has 0 aromatic rings. The first kappa shape index (κ1) is 13.7. The molecule has 0 aliphatic heterocycles. The Morgan fingerprint density at radius 3 is 2.64 bits per heavy atom. The summed E-state index contributed by atoms with van der Waals surface area (Å²) in [4.78, 5) is 10.8. The lowest BCUT2D eigenvalue weighted by molar-refractivity contribution is -0.141. The fourth-order valence-corrected chi connectivity index (χ4v) is 2.00. The van der Waals surface area contributed by atoms with Crippen LogP contribution in [0.1, 0.15) is 13.3 Å². The van der Waals surface area contributed by atoms with Gasteiger partial charge in [0.1, 0.15) is 6.54 Å². The minimum absolute atomic E-state index is 0.0735. The van der Waals surface area contributed by atoms with Crippen molar-refractivity contribution in [1.82, 2.24) is 4.72 Å². The summed E-state index contributed by atoms with van der Waals surface area (Å²) in [7, 11) is -3.39. The van der Waals surface area contributed by atoms with Crippen molar-refractivity contribution in [3.05, 3.63) is 0 Å². The summed E-state index contributed by atoms with van der Waals surface area (Å²) in [6.07, 6.45) is 0.361. The Kier molecular flexibility index (Phi) is 6.86. The molecule has 1 N–H and O–H groups in total. The van der Waals surface area contributed by atoms with E-state index < -0.39 is 16.0 Å². The molecule has 0 saturated carbocycles. The van der Waals surface area contributed by atoms with E-state index in [2.05, 4.69) is 9.46 Å². The van der Waals surface area contributed by atoms with Gasteiger partial charge in [-0.3, -0.25) is 4.79 Å². The van der Waals surface area contributed by atoms with Crippen LogP contribution in [0, 0.1) is 0 Å². The first-order valence-corrected chi connectivity index (χ1v) is 6.39. The van der Waals surface area contributed by atoms with Crippen LogP contribution < -0.4 is 4.72 Å². The molecule has 0 aliphatic rings. The number of rotatable bonds is 7. The zero-order chi connectivity index (χ0) is 11.0. The summed E-state index contributed by atoms with van der Waals surface area (Å²) < 4.78 is 28.9. The first-order valence-electron chi connectivity index (χ1n) is 4.20. The minimum Gasteiger partial charge on any atom is -0.465 e. The number of nitrogens with one attached hydrogen (secondary N) is 1. The molecule has 0 amide bonds. The van der Waals surface area contributed by atoms with Crippen LogP contribution in [0.2, 0.25) is 0 Å². The Balaban J connectivity index is 3.81. The van der Waals surface area contributed by atoms with Gasteiger partial charge in [-0.25, -0.2) is 13.1 Å². The monoisotopic (exact) mass is 243 g/mol. The fraction of sp³-hybridized carbons (Fsp3) is 0.857. The van der Waals surface area contributed by atoms with E-state index in [1.165, 1.54) is 0 Å². The van der Waals surface area contributed by atoms with E-state index in [0.29, 0.717) is 6.42 Å². The maximum atomic E-state index is 11.1. The molecule has 0 radical (unpaired) electrons.